The molecule has 0 amide bonds. The number of nitrogens with zero attached hydrogens (tertiary/aromatic N) is 2. The van der Waals surface area contributed by atoms with Crippen LogP contribution in [0.4, 0.5) is 0 Å². The van der Waals surface area contributed by atoms with Crippen molar-refractivity contribution >= 4 is 0 Å². The first-order chi connectivity index (χ1) is 9.63. The first-order valence-corrected chi connectivity index (χ1v) is 7.84. The Balaban J connectivity index is 1.99. The van der Waals surface area contributed by atoms with Gasteiger partial charge in [-0.05, 0) is 52.0 Å². The Morgan fingerprint density at radius 2 is 1.80 bits per heavy atom. The van der Waals surface area contributed by atoms with Crippen molar-refractivity contribution in [3.05, 3.63) is 35.9 Å². The Hall–Kier alpha value is -0.900. The van der Waals surface area contributed by atoms with Gasteiger partial charge in [-0.3, -0.25) is 4.90 Å². The van der Waals surface area contributed by atoms with E-state index in [1.807, 2.05) is 0 Å². The fourth-order valence-corrected chi connectivity index (χ4v) is 3.37. The van der Waals surface area contributed by atoms with E-state index in [-0.39, 0.29) is 6.04 Å². The van der Waals surface area contributed by atoms with Gasteiger partial charge in [0, 0.05) is 18.1 Å². The third-order valence-corrected chi connectivity index (χ3v) is 4.72. The van der Waals surface area contributed by atoms with Crippen LogP contribution in [0.15, 0.2) is 30.3 Å². The van der Waals surface area contributed by atoms with Gasteiger partial charge in [-0.2, -0.15) is 0 Å². The molecule has 0 bridgehead atoms. The molecule has 2 rings (SSSR count). The zero-order chi connectivity index (χ0) is 14.5. The SMILES string of the molecule is CCC(C(N)c1ccccc1)N1CCC(N(C)C)CC1. The van der Waals surface area contributed by atoms with Gasteiger partial charge in [0.2, 0.25) is 0 Å². The minimum Gasteiger partial charge on any atom is -0.323 e. The number of hydrogen-bond donors (Lipinski definition) is 1. The van der Waals surface area contributed by atoms with Crippen molar-refractivity contribution in [3.8, 4) is 0 Å². The molecule has 2 unspecified atom stereocenters. The summed E-state index contributed by atoms with van der Waals surface area (Å²) >= 11 is 0. The second-order valence-corrected chi connectivity index (χ2v) is 6.14. The Morgan fingerprint density at radius 1 is 1.20 bits per heavy atom. The molecule has 0 aliphatic carbocycles. The summed E-state index contributed by atoms with van der Waals surface area (Å²) in [7, 11) is 4.38. The Morgan fingerprint density at radius 3 is 2.30 bits per heavy atom. The number of piperidine rings is 1. The second-order valence-electron chi connectivity index (χ2n) is 6.14. The predicted molar refractivity (Wildman–Crippen MR) is 85.7 cm³/mol. The molecule has 0 saturated carbocycles. The summed E-state index contributed by atoms with van der Waals surface area (Å²) in [6, 6.07) is 11.8. The molecule has 1 aliphatic heterocycles. The maximum absolute atomic E-state index is 6.52. The van der Waals surface area contributed by atoms with Gasteiger partial charge in [-0.1, -0.05) is 37.3 Å². The fourth-order valence-electron chi connectivity index (χ4n) is 3.37. The maximum Gasteiger partial charge on any atom is 0.0453 e. The van der Waals surface area contributed by atoms with E-state index in [0.717, 1.165) is 12.5 Å². The monoisotopic (exact) mass is 275 g/mol. The molecule has 112 valence electrons. The number of likely N-dealkylation sites (tertiary alicyclic amines) is 1. The highest BCUT2D eigenvalue weighted by Gasteiger charge is 2.29. The molecule has 1 aromatic rings. The lowest BCUT2D eigenvalue weighted by Gasteiger charge is -2.41. The lowest BCUT2D eigenvalue weighted by molar-refractivity contribution is 0.0936. The molecule has 2 atom stereocenters. The van der Waals surface area contributed by atoms with E-state index in [1.54, 1.807) is 0 Å². The van der Waals surface area contributed by atoms with Gasteiger partial charge in [-0.25, -0.2) is 0 Å². The van der Waals surface area contributed by atoms with Gasteiger partial charge < -0.3 is 10.6 Å². The number of hydrogen-bond acceptors (Lipinski definition) is 3. The van der Waals surface area contributed by atoms with Crippen molar-refractivity contribution in [3.63, 3.8) is 0 Å². The van der Waals surface area contributed by atoms with Gasteiger partial charge in [0.15, 0.2) is 0 Å². The highest BCUT2D eigenvalue weighted by atomic mass is 15.2. The van der Waals surface area contributed by atoms with Crippen molar-refractivity contribution in [1.82, 2.24) is 9.80 Å². The van der Waals surface area contributed by atoms with Crippen LogP contribution in [0.1, 0.15) is 37.8 Å². The van der Waals surface area contributed by atoms with Crippen LogP contribution in [-0.4, -0.2) is 49.1 Å². The van der Waals surface area contributed by atoms with Gasteiger partial charge in [0.05, 0.1) is 0 Å². The van der Waals surface area contributed by atoms with E-state index >= 15 is 0 Å². The van der Waals surface area contributed by atoms with Crippen LogP contribution in [0.2, 0.25) is 0 Å². The summed E-state index contributed by atoms with van der Waals surface area (Å²) in [5, 5.41) is 0. The average Bonchev–Trinajstić information content (AvgIpc) is 2.49. The van der Waals surface area contributed by atoms with Crippen molar-refractivity contribution in [2.75, 3.05) is 27.2 Å². The van der Waals surface area contributed by atoms with E-state index in [0.29, 0.717) is 6.04 Å². The zero-order valence-corrected chi connectivity index (χ0v) is 13.1. The summed E-state index contributed by atoms with van der Waals surface area (Å²) in [5.74, 6) is 0. The van der Waals surface area contributed by atoms with E-state index < -0.39 is 0 Å². The molecule has 2 N–H and O–H groups in total. The van der Waals surface area contributed by atoms with Crippen LogP contribution < -0.4 is 5.73 Å². The first-order valence-electron chi connectivity index (χ1n) is 7.84. The average molecular weight is 275 g/mol. The Labute approximate surface area is 123 Å². The van der Waals surface area contributed by atoms with Gasteiger partial charge >= 0.3 is 0 Å². The lowest BCUT2D eigenvalue weighted by Crippen LogP contribution is -2.49. The quantitative estimate of drug-likeness (QED) is 0.896. The molecule has 0 spiro atoms. The summed E-state index contributed by atoms with van der Waals surface area (Å²) in [4.78, 5) is 4.95. The largest absolute Gasteiger partial charge is 0.323 e. The minimum atomic E-state index is 0.122. The van der Waals surface area contributed by atoms with Gasteiger partial charge in [0.25, 0.3) is 0 Å². The number of benzene rings is 1. The van der Waals surface area contributed by atoms with Crippen LogP contribution in [0.5, 0.6) is 0 Å². The molecule has 1 aliphatic rings. The Kier molecular flexibility index (Phi) is 5.58. The predicted octanol–water partition coefficient (Wildman–Crippen LogP) is 2.49. The Bertz CT molecular complexity index is 382. The van der Waals surface area contributed by atoms with E-state index in [1.165, 1.54) is 31.5 Å². The summed E-state index contributed by atoms with van der Waals surface area (Å²) in [5.41, 5.74) is 7.78. The molecule has 3 heteroatoms. The number of nitrogens with two attached hydrogens (primary N) is 1. The van der Waals surface area contributed by atoms with Crippen molar-refractivity contribution in [2.24, 2.45) is 5.73 Å². The topological polar surface area (TPSA) is 32.5 Å². The lowest BCUT2D eigenvalue weighted by atomic mass is 9.94. The summed E-state index contributed by atoms with van der Waals surface area (Å²) in [6.07, 6.45) is 3.62. The standard InChI is InChI=1S/C17H29N3/c1-4-16(17(18)14-8-6-5-7-9-14)20-12-10-15(11-13-20)19(2)3/h5-9,15-17H,4,10-13,18H2,1-3H3. The van der Waals surface area contributed by atoms with Crippen LogP contribution in [0.3, 0.4) is 0 Å². The molecule has 1 saturated heterocycles. The molecule has 1 fully saturated rings. The number of rotatable bonds is 5. The van der Waals surface area contributed by atoms with E-state index in [4.69, 9.17) is 5.73 Å². The highest BCUT2D eigenvalue weighted by Crippen LogP contribution is 2.25. The minimum absolute atomic E-state index is 0.122. The smallest absolute Gasteiger partial charge is 0.0453 e. The first kappa shape index (κ1) is 15.5. The highest BCUT2D eigenvalue weighted by molar-refractivity contribution is 5.20. The van der Waals surface area contributed by atoms with Crippen molar-refractivity contribution < 1.29 is 0 Å². The van der Waals surface area contributed by atoms with Gasteiger partial charge in [0.1, 0.15) is 0 Å². The third kappa shape index (κ3) is 3.60. The molecule has 3 nitrogen and oxygen atoms in total. The molecular weight excluding hydrogens is 246 g/mol. The zero-order valence-electron chi connectivity index (χ0n) is 13.1. The van der Waals surface area contributed by atoms with Crippen molar-refractivity contribution in [2.45, 2.75) is 44.3 Å². The summed E-state index contributed by atoms with van der Waals surface area (Å²) < 4.78 is 0. The molecule has 20 heavy (non-hydrogen) atoms. The second kappa shape index (κ2) is 7.21. The summed E-state index contributed by atoms with van der Waals surface area (Å²) in [6.45, 7) is 4.59. The van der Waals surface area contributed by atoms with E-state index in [9.17, 15) is 0 Å². The van der Waals surface area contributed by atoms with Crippen LogP contribution in [0, 0.1) is 0 Å². The molecule has 0 radical (unpaired) electrons. The molecule has 0 aromatic heterocycles. The van der Waals surface area contributed by atoms with Gasteiger partial charge in [-0.15, -0.1) is 0 Å². The molecular formula is C17H29N3. The third-order valence-electron chi connectivity index (χ3n) is 4.72. The van der Waals surface area contributed by atoms with E-state index in [2.05, 4.69) is 61.2 Å². The van der Waals surface area contributed by atoms with Crippen LogP contribution >= 0.6 is 0 Å². The van der Waals surface area contributed by atoms with Crippen LogP contribution in [-0.2, 0) is 0 Å². The van der Waals surface area contributed by atoms with Crippen molar-refractivity contribution in [1.29, 1.82) is 0 Å². The molecule has 1 heterocycles. The molecule has 1 aromatic carbocycles. The normalized spacial score (nSPS) is 21.1. The van der Waals surface area contributed by atoms with Crippen LogP contribution in [0.25, 0.3) is 0 Å². The fraction of sp³-hybridized carbons (Fsp3) is 0.647. The maximum atomic E-state index is 6.52.